The summed E-state index contributed by atoms with van der Waals surface area (Å²) in [5.41, 5.74) is 2.60. The van der Waals surface area contributed by atoms with Crippen LogP contribution in [0.25, 0.3) is 11.0 Å². The Morgan fingerprint density at radius 3 is 2.57 bits per heavy atom. The lowest BCUT2D eigenvalue weighted by atomic mass is 10.2. The SMILES string of the molecule is Cn1c(=O)n(C)c2cc(NC(=O)c3cc(Br)c[nH]3)ccc21. The van der Waals surface area contributed by atoms with Gasteiger partial charge >= 0.3 is 5.69 Å². The van der Waals surface area contributed by atoms with Crippen LogP contribution in [0.3, 0.4) is 0 Å². The third-order valence-electron chi connectivity index (χ3n) is 3.42. The summed E-state index contributed by atoms with van der Waals surface area (Å²) >= 11 is 3.29. The van der Waals surface area contributed by atoms with E-state index < -0.39 is 0 Å². The summed E-state index contributed by atoms with van der Waals surface area (Å²) < 4.78 is 3.94. The molecule has 0 saturated heterocycles. The van der Waals surface area contributed by atoms with Gasteiger partial charge in [0.1, 0.15) is 5.69 Å². The number of hydrogen-bond acceptors (Lipinski definition) is 2. The van der Waals surface area contributed by atoms with Crippen molar-refractivity contribution in [2.45, 2.75) is 0 Å². The summed E-state index contributed by atoms with van der Waals surface area (Å²) in [6, 6.07) is 7.08. The molecule has 0 bridgehead atoms. The van der Waals surface area contributed by atoms with Crippen molar-refractivity contribution in [2.75, 3.05) is 5.32 Å². The molecule has 0 spiro atoms. The van der Waals surface area contributed by atoms with Crippen molar-refractivity contribution in [2.24, 2.45) is 14.1 Å². The molecule has 1 amide bonds. The van der Waals surface area contributed by atoms with Crippen molar-refractivity contribution < 1.29 is 4.79 Å². The molecule has 0 radical (unpaired) electrons. The summed E-state index contributed by atoms with van der Waals surface area (Å²) in [4.78, 5) is 26.8. The second-order valence-corrected chi connectivity index (χ2v) is 5.71. The third kappa shape index (κ3) is 2.29. The number of aromatic nitrogens is 3. The lowest BCUT2D eigenvalue weighted by Crippen LogP contribution is -2.19. The molecule has 0 aliphatic carbocycles. The van der Waals surface area contributed by atoms with Crippen molar-refractivity contribution in [1.82, 2.24) is 14.1 Å². The predicted molar refractivity (Wildman–Crippen MR) is 84.6 cm³/mol. The van der Waals surface area contributed by atoms with E-state index in [2.05, 4.69) is 26.2 Å². The van der Waals surface area contributed by atoms with E-state index >= 15 is 0 Å². The summed E-state index contributed by atoms with van der Waals surface area (Å²) in [5.74, 6) is -0.235. The molecule has 0 unspecified atom stereocenters. The maximum atomic E-state index is 12.1. The largest absolute Gasteiger partial charge is 0.356 e. The first-order chi connectivity index (χ1) is 9.97. The quantitative estimate of drug-likeness (QED) is 0.745. The molecule has 6 nitrogen and oxygen atoms in total. The van der Waals surface area contributed by atoms with Crippen LogP contribution in [-0.4, -0.2) is 20.0 Å². The Morgan fingerprint density at radius 1 is 1.19 bits per heavy atom. The third-order valence-corrected chi connectivity index (χ3v) is 3.88. The predicted octanol–water partition coefficient (Wildman–Crippen LogP) is 2.22. The number of carbonyl (C=O) groups excluding carboxylic acids is 1. The van der Waals surface area contributed by atoms with Gasteiger partial charge in [-0.1, -0.05) is 0 Å². The Balaban J connectivity index is 1.97. The number of nitrogens with one attached hydrogen (secondary N) is 2. The molecule has 108 valence electrons. The number of aryl methyl sites for hydroxylation is 2. The number of fused-ring (bicyclic) bond motifs is 1. The number of imidazole rings is 1. The first-order valence-electron chi connectivity index (χ1n) is 6.28. The lowest BCUT2D eigenvalue weighted by Gasteiger charge is -2.04. The van der Waals surface area contributed by atoms with Crippen LogP contribution >= 0.6 is 15.9 Å². The monoisotopic (exact) mass is 348 g/mol. The zero-order valence-corrected chi connectivity index (χ0v) is 13.1. The molecule has 0 saturated carbocycles. The van der Waals surface area contributed by atoms with Gasteiger partial charge in [-0.15, -0.1) is 0 Å². The van der Waals surface area contributed by atoms with Crippen LogP contribution in [0, 0.1) is 0 Å². The van der Waals surface area contributed by atoms with Crippen LogP contribution in [0.15, 0.2) is 39.7 Å². The molecule has 0 aliphatic heterocycles. The van der Waals surface area contributed by atoms with E-state index in [-0.39, 0.29) is 11.6 Å². The zero-order valence-electron chi connectivity index (χ0n) is 11.5. The van der Waals surface area contributed by atoms with Crippen molar-refractivity contribution >= 4 is 38.6 Å². The standard InChI is InChI=1S/C14H13BrN4O2/c1-18-11-4-3-9(6-12(11)19(2)14(18)21)17-13(20)10-5-8(15)7-16-10/h3-7,16H,1-2H3,(H,17,20). The molecule has 1 aromatic carbocycles. The number of halogens is 1. The molecular weight excluding hydrogens is 336 g/mol. The first-order valence-corrected chi connectivity index (χ1v) is 7.07. The van der Waals surface area contributed by atoms with Gasteiger partial charge in [0, 0.05) is 30.5 Å². The Hall–Kier alpha value is -2.28. The van der Waals surface area contributed by atoms with E-state index in [0.717, 1.165) is 15.5 Å². The fourth-order valence-corrected chi connectivity index (χ4v) is 2.63. The highest BCUT2D eigenvalue weighted by atomic mass is 79.9. The normalized spacial score (nSPS) is 11.0. The molecule has 2 N–H and O–H groups in total. The zero-order chi connectivity index (χ0) is 15.1. The van der Waals surface area contributed by atoms with Crippen molar-refractivity contribution in [3.05, 3.63) is 51.1 Å². The number of H-pyrrole nitrogens is 1. The summed E-state index contributed by atoms with van der Waals surface area (Å²) in [6.07, 6.45) is 1.69. The maximum Gasteiger partial charge on any atom is 0.328 e. The Bertz CT molecular complexity index is 903. The summed E-state index contributed by atoms with van der Waals surface area (Å²) in [6.45, 7) is 0. The van der Waals surface area contributed by atoms with Crippen LogP contribution in [-0.2, 0) is 14.1 Å². The summed E-state index contributed by atoms with van der Waals surface area (Å²) in [5, 5.41) is 2.80. The molecule has 2 heterocycles. The van der Waals surface area contributed by atoms with Crippen LogP contribution in [0.4, 0.5) is 5.69 Å². The molecule has 0 fully saturated rings. The van der Waals surface area contributed by atoms with E-state index in [1.807, 2.05) is 6.07 Å². The molecular formula is C14H13BrN4O2. The Morgan fingerprint density at radius 2 is 1.90 bits per heavy atom. The number of rotatable bonds is 2. The van der Waals surface area contributed by atoms with Gasteiger partial charge in [0.2, 0.25) is 0 Å². The molecule has 21 heavy (non-hydrogen) atoms. The van der Waals surface area contributed by atoms with Gasteiger partial charge in [-0.25, -0.2) is 4.79 Å². The van der Waals surface area contributed by atoms with E-state index in [4.69, 9.17) is 0 Å². The molecule has 2 aromatic heterocycles. The minimum absolute atomic E-state index is 0.0956. The van der Waals surface area contributed by atoms with Crippen molar-refractivity contribution in [3.63, 3.8) is 0 Å². The molecule has 0 atom stereocenters. The smallest absolute Gasteiger partial charge is 0.328 e. The molecule has 7 heteroatoms. The van der Waals surface area contributed by atoms with Gasteiger partial charge < -0.3 is 10.3 Å². The molecule has 3 rings (SSSR count). The fraction of sp³-hybridized carbons (Fsp3) is 0.143. The Kier molecular flexibility index (Phi) is 3.21. The van der Waals surface area contributed by atoms with Gasteiger partial charge in [-0.2, -0.15) is 0 Å². The average molecular weight is 349 g/mol. The van der Waals surface area contributed by atoms with Gasteiger partial charge in [-0.3, -0.25) is 13.9 Å². The highest BCUT2D eigenvalue weighted by molar-refractivity contribution is 9.10. The second kappa shape index (κ2) is 4.92. The second-order valence-electron chi connectivity index (χ2n) is 4.79. The lowest BCUT2D eigenvalue weighted by molar-refractivity contribution is 0.102. The van der Waals surface area contributed by atoms with E-state index in [1.54, 1.807) is 47.6 Å². The number of aromatic amines is 1. The van der Waals surface area contributed by atoms with Crippen LogP contribution in [0.5, 0.6) is 0 Å². The average Bonchev–Trinajstić information content (AvgIpc) is 2.98. The van der Waals surface area contributed by atoms with Crippen molar-refractivity contribution in [3.8, 4) is 0 Å². The van der Waals surface area contributed by atoms with Crippen LogP contribution in [0.2, 0.25) is 0 Å². The van der Waals surface area contributed by atoms with Crippen LogP contribution in [0.1, 0.15) is 10.5 Å². The first kappa shape index (κ1) is 13.7. The minimum atomic E-state index is -0.235. The van der Waals surface area contributed by atoms with Gasteiger partial charge in [0.15, 0.2) is 0 Å². The highest BCUT2D eigenvalue weighted by Gasteiger charge is 2.11. The number of benzene rings is 1. The van der Waals surface area contributed by atoms with Crippen LogP contribution < -0.4 is 11.0 Å². The number of amides is 1. The molecule has 3 aromatic rings. The van der Waals surface area contributed by atoms with E-state index in [9.17, 15) is 9.59 Å². The Labute approximate surface area is 128 Å². The van der Waals surface area contributed by atoms with E-state index in [0.29, 0.717) is 11.4 Å². The topological polar surface area (TPSA) is 71.8 Å². The maximum absolute atomic E-state index is 12.1. The van der Waals surface area contributed by atoms with Gasteiger partial charge in [0.05, 0.1) is 11.0 Å². The van der Waals surface area contributed by atoms with E-state index in [1.165, 1.54) is 0 Å². The molecule has 0 aliphatic rings. The minimum Gasteiger partial charge on any atom is -0.356 e. The number of nitrogens with zero attached hydrogens (tertiary/aromatic N) is 2. The number of hydrogen-bond donors (Lipinski definition) is 2. The fourth-order valence-electron chi connectivity index (χ4n) is 2.28. The number of anilines is 1. The van der Waals surface area contributed by atoms with Gasteiger partial charge in [-0.05, 0) is 40.2 Å². The highest BCUT2D eigenvalue weighted by Crippen LogP contribution is 2.19. The summed E-state index contributed by atoms with van der Waals surface area (Å²) in [7, 11) is 3.43. The number of carbonyl (C=O) groups is 1. The van der Waals surface area contributed by atoms with Crippen molar-refractivity contribution in [1.29, 1.82) is 0 Å². The van der Waals surface area contributed by atoms with Gasteiger partial charge in [0.25, 0.3) is 5.91 Å².